The molecule has 0 aliphatic heterocycles. The lowest BCUT2D eigenvalue weighted by molar-refractivity contribution is -0.115. The highest BCUT2D eigenvalue weighted by atomic mass is 79.9. The molecule has 2 amide bonds. The molecule has 0 spiro atoms. The predicted octanol–water partition coefficient (Wildman–Crippen LogP) is 8.44. The predicted molar refractivity (Wildman–Crippen MR) is 160 cm³/mol. The van der Waals surface area contributed by atoms with Gasteiger partial charge in [-0.1, -0.05) is 76.6 Å². The summed E-state index contributed by atoms with van der Waals surface area (Å²) in [6.07, 6.45) is 0. The Morgan fingerprint density at radius 2 is 1.62 bits per heavy atom. The topological polar surface area (TPSA) is 71.1 Å². The molecule has 39 heavy (non-hydrogen) atoms. The maximum absolute atomic E-state index is 14.0. The maximum atomic E-state index is 14.0. The van der Waals surface area contributed by atoms with Gasteiger partial charge in [0.05, 0.1) is 11.3 Å². The zero-order valence-electron chi connectivity index (χ0n) is 20.3. The van der Waals surface area contributed by atoms with E-state index < -0.39 is 17.0 Å². The number of anilines is 2. The van der Waals surface area contributed by atoms with E-state index >= 15 is 0 Å². The third-order valence-electron chi connectivity index (χ3n) is 5.68. The fourth-order valence-electron chi connectivity index (χ4n) is 3.78. The molecule has 4 aromatic carbocycles. The van der Waals surface area contributed by atoms with Crippen molar-refractivity contribution in [3.8, 4) is 11.3 Å². The van der Waals surface area contributed by atoms with Gasteiger partial charge in [0, 0.05) is 26.0 Å². The van der Waals surface area contributed by atoms with Crippen LogP contribution in [0.15, 0.2) is 118 Å². The lowest BCUT2D eigenvalue weighted by Crippen LogP contribution is -2.19. The summed E-state index contributed by atoms with van der Waals surface area (Å²) < 4.78 is 15.0. The number of nitrogens with zero attached hydrogens (tertiary/aromatic N) is 1. The molecule has 5 aromatic rings. The molecule has 1 heterocycles. The van der Waals surface area contributed by atoms with E-state index in [2.05, 4.69) is 31.5 Å². The molecule has 0 fully saturated rings. The number of nitrogens with one attached hydrogen (secondary N) is 2. The minimum absolute atomic E-state index is 0.0388. The van der Waals surface area contributed by atoms with Crippen LogP contribution < -0.4 is 10.6 Å². The Hall–Kier alpha value is -3.79. The summed E-state index contributed by atoms with van der Waals surface area (Å²) in [7, 11) is 0. The lowest BCUT2D eigenvalue weighted by Gasteiger charge is -2.17. The Balaban J connectivity index is 1.34. The molecule has 1 atom stereocenters. The fourth-order valence-corrected chi connectivity index (χ4v) is 5.85. The van der Waals surface area contributed by atoms with Gasteiger partial charge in [-0.2, -0.15) is 0 Å². The van der Waals surface area contributed by atoms with Gasteiger partial charge in [0.25, 0.3) is 5.91 Å². The number of benzene rings is 4. The second kappa shape index (κ2) is 12.4. The molecule has 2 N–H and O–H groups in total. The van der Waals surface area contributed by atoms with E-state index in [-0.39, 0.29) is 11.5 Å². The number of carbonyl (C=O) groups is 2. The maximum Gasteiger partial charge on any atom is 0.258 e. The molecule has 0 aliphatic rings. The number of carbonyl (C=O) groups excluding carboxylic acids is 2. The van der Waals surface area contributed by atoms with Crippen LogP contribution >= 0.6 is 39.0 Å². The van der Waals surface area contributed by atoms with Crippen LogP contribution in [0, 0.1) is 5.82 Å². The molecule has 1 unspecified atom stereocenters. The van der Waals surface area contributed by atoms with E-state index in [9.17, 15) is 14.0 Å². The van der Waals surface area contributed by atoms with Crippen molar-refractivity contribution in [3.05, 3.63) is 130 Å². The van der Waals surface area contributed by atoms with Crippen molar-refractivity contribution in [1.29, 1.82) is 0 Å². The van der Waals surface area contributed by atoms with Gasteiger partial charge in [0.15, 0.2) is 5.13 Å². The highest BCUT2D eigenvalue weighted by molar-refractivity contribution is 9.10. The van der Waals surface area contributed by atoms with Gasteiger partial charge < -0.3 is 10.6 Å². The van der Waals surface area contributed by atoms with Gasteiger partial charge in [-0.25, -0.2) is 9.37 Å². The highest BCUT2D eigenvalue weighted by Crippen LogP contribution is 2.38. The standard InChI is InChI=1S/C30H21BrFN3O2S2/c31-21-15-13-19(14-16-21)26-18-38-30(34-26)35-29(37)27(20-7-2-1-3-8-20)39-23-10-6-9-22(17-23)33-28(36)24-11-4-5-12-25(24)32/h1-18,27H,(H,33,36)(H,34,35,37). The van der Waals surface area contributed by atoms with Crippen molar-refractivity contribution in [3.63, 3.8) is 0 Å². The monoisotopic (exact) mass is 617 g/mol. The van der Waals surface area contributed by atoms with E-state index in [1.807, 2.05) is 66.0 Å². The van der Waals surface area contributed by atoms with Gasteiger partial charge in [-0.3, -0.25) is 9.59 Å². The Labute approximate surface area is 241 Å². The minimum atomic E-state index is -0.591. The van der Waals surface area contributed by atoms with Crippen molar-refractivity contribution in [2.75, 3.05) is 10.6 Å². The number of hydrogen-bond donors (Lipinski definition) is 2. The van der Waals surface area contributed by atoms with E-state index in [0.29, 0.717) is 10.8 Å². The molecule has 0 saturated carbocycles. The van der Waals surface area contributed by atoms with Gasteiger partial charge in [-0.05, 0) is 48.0 Å². The molecule has 5 rings (SSSR count). The summed E-state index contributed by atoms with van der Waals surface area (Å²) in [6, 6.07) is 30.2. The molecule has 9 heteroatoms. The third-order valence-corrected chi connectivity index (χ3v) is 8.21. The largest absolute Gasteiger partial charge is 0.322 e. The van der Waals surface area contributed by atoms with E-state index in [1.54, 1.807) is 24.3 Å². The number of thioether (sulfide) groups is 1. The van der Waals surface area contributed by atoms with Gasteiger partial charge in [0.2, 0.25) is 5.91 Å². The van der Waals surface area contributed by atoms with Gasteiger partial charge in [0.1, 0.15) is 11.1 Å². The zero-order valence-corrected chi connectivity index (χ0v) is 23.5. The van der Waals surface area contributed by atoms with Crippen molar-refractivity contribution < 1.29 is 14.0 Å². The van der Waals surface area contributed by atoms with Gasteiger partial charge in [-0.15, -0.1) is 23.1 Å². The van der Waals surface area contributed by atoms with E-state index in [0.717, 1.165) is 26.2 Å². The number of halogens is 2. The summed E-state index contributed by atoms with van der Waals surface area (Å²) in [4.78, 5) is 31.5. The van der Waals surface area contributed by atoms with Crippen LogP contribution in [-0.4, -0.2) is 16.8 Å². The molecule has 0 saturated heterocycles. The first-order valence-electron chi connectivity index (χ1n) is 11.9. The van der Waals surface area contributed by atoms with Crippen LogP contribution in [0.3, 0.4) is 0 Å². The summed E-state index contributed by atoms with van der Waals surface area (Å²) in [5.41, 5.74) is 3.02. The third kappa shape index (κ3) is 6.81. The number of aromatic nitrogens is 1. The smallest absolute Gasteiger partial charge is 0.258 e. The van der Waals surface area contributed by atoms with Gasteiger partial charge >= 0.3 is 0 Å². The number of rotatable bonds is 8. The Morgan fingerprint density at radius 3 is 2.38 bits per heavy atom. The average Bonchev–Trinajstić information content (AvgIpc) is 3.41. The molecule has 0 aliphatic carbocycles. The first kappa shape index (κ1) is 26.8. The quantitative estimate of drug-likeness (QED) is 0.171. The second-order valence-corrected chi connectivity index (χ2v) is 11.4. The van der Waals surface area contributed by atoms with Crippen molar-refractivity contribution in [1.82, 2.24) is 4.98 Å². The van der Waals surface area contributed by atoms with E-state index in [1.165, 1.54) is 41.3 Å². The minimum Gasteiger partial charge on any atom is -0.322 e. The fraction of sp³-hybridized carbons (Fsp3) is 0.0333. The molecular weight excluding hydrogens is 597 g/mol. The number of hydrogen-bond acceptors (Lipinski definition) is 5. The van der Waals surface area contributed by atoms with Crippen LogP contribution in [0.1, 0.15) is 21.2 Å². The molecule has 0 radical (unpaired) electrons. The SMILES string of the molecule is O=C(Nc1cccc(SC(C(=O)Nc2nc(-c3ccc(Br)cc3)cs2)c2ccccc2)c1)c1ccccc1F. The Morgan fingerprint density at radius 1 is 0.872 bits per heavy atom. The zero-order chi connectivity index (χ0) is 27.2. The molecule has 5 nitrogen and oxygen atoms in total. The number of amides is 2. The number of thiazole rings is 1. The molecular formula is C30H21BrFN3O2S2. The summed E-state index contributed by atoms with van der Waals surface area (Å²) in [5, 5.41) is 7.54. The van der Waals surface area contributed by atoms with E-state index in [4.69, 9.17) is 0 Å². The van der Waals surface area contributed by atoms with Crippen LogP contribution in [0.4, 0.5) is 15.2 Å². The van der Waals surface area contributed by atoms with Crippen molar-refractivity contribution in [2.24, 2.45) is 0 Å². The van der Waals surface area contributed by atoms with Crippen LogP contribution in [0.5, 0.6) is 0 Å². The lowest BCUT2D eigenvalue weighted by atomic mass is 10.1. The van der Waals surface area contributed by atoms with Crippen molar-refractivity contribution >= 4 is 61.7 Å². The highest BCUT2D eigenvalue weighted by Gasteiger charge is 2.23. The molecule has 1 aromatic heterocycles. The summed E-state index contributed by atoms with van der Waals surface area (Å²) in [5.74, 6) is -1.35. The Kier molecular flexibility index (Phi) is 8.51. The summed E-state index contributed by atoms with van der Waals surface area (Å²) in [6.45, 7) is 0. The Bertz CT molecular complexity index is 1610. The molecule has 194 valence electrons. The van der Waals surface area contributed by atoms with Crippen LogP contribution in [0.2, 0.25) is 0 Å². The first-order chi connectivity index (χ1) is 19.0. The first-order valence-corrected chi connectivity index (χ1v) is 14.4. The van der Waals surface area contributed by atoms with Crippen LogP contribution in [0.25, 0.3) is 11.3 Å². The average molecular weight is 619 g/mol. The summed E-state index contributed by atoms with van der Waals surface area (Å²) >= 11 is 6.15. The normalized spacial score (nSPS) is 11.5. The second-order valence-electron chi connectivity index (χ2n) is 8.40. The molecule has 0 bridgehead atoms. The van der Waals surface area contributed by atoms with Crippen LogP contribution in [-0.2, 0) is 4.79 Å². The van der Waals surface area contributed by atoms with Crippen molar-refractivity contribution in [2.45, 2.75) is 10.1 Å².